The number of fused-ring (bicyclic) bond motifs is 1. The summed E-state index contributed by atoms with van der Waals surface area (Å²) in [5.41, 5.74) is 0.618. The van der Waals surface area contributed by atoms with Crippen LogP contribution >= 0.6 is 11.6 Å². The lowest BCUT2D eigenvalue weighted by molar-refractivity contribution is -0.137. The van der Waals surface area contributed by atoms with Crippen molar-refractivity contribution in [3.05, 3.63) is 58.6 Å². The first-order chi connectivity index (χ1) is 12.1. The van der Waals surface area contributed by atoms with E-state index in [0.29, 0.717) is 12.6 Å². The van der Waals surface area contributed by atoms with Crippen molar-refractivity contribution >= 4 is 27.3 Å². The summed E-state index contributed by atoms with van der Waals surface area (Å²) in [5, 5.41) is -0.233. The summed E-state index contributed by atoms with van der Waals surface area (Å²) in [6, 6.07) is 9.65. The Morgan fingerprint density at radius 1 is 1.08 bits per heavy atom. The Hall–Kier alpha value is -1.77. The number of likely N-dealkylation sites (N-methyl/N-ethyl adjacent to an activating group) is 1. The van der Waals surface area contributed by atoms with Crippen molar-refractivity contribution in [3.63, 3.8) is 0 Å². The third-order valence-electron chi connectivity index (χ3n) is 4.31. The normalized spacial score (nSPS) is 16.3. The van der Waals surface area contributed by atoms with Crippen LogP contribution in [0.2, 0.25) is 5.02 Å². The molecule has 1 heterocycles. The fourth-order valence-corrected chi connectivity index (χ4v) is 4.80. The lowest BCUT2D eigenvalue weighted by Crippen LogP contribution is -2.34. The van der Waals surface area contributed by atoms with Crippen LogP contribution in [0.3, 0.4) is 0 Å². The number of hydrogen-bond donors (Lipinski definition) is 0. The molecule has 9 heteroatoms. The molecule has 2 aromatic rings. The molecule has 0 radical (unpaired) electrons. The highest BCUT2D eigenvalue weighted by Crippen LogP contribution is 2.35. The molecule has 0 aliphatic carbocycles. The maximum absolute atomic E-state index is 13.0. The molecule has 0 bridgehead atoms. The summed E-state index contributed by atoms with van der Waals surface area (Å²) in [7, 11) is -2.35. The van der Waals surface area contributed by atoms with E-state index in [2.05, 4.69) is 0 Å². The van der Waals surface area contributed by atoms with Crippen molar-refractivity contribution in [2.24, 2.45) is 0 Å². The first-order valence-corrected chi connectivity index (χ1v) is 9.58. The van der Waals surface area contributed by atoms with Gasteiger partial charge in [0.05, 0.1) is 10.6 Å². The minimum absolute atomic E-state index is 0.0649. The van der Waals surface area contributed by atoms with Crippen LogP contribution in [0.25, 0.3) is 0 Å². The predicted molar refractivity (Wildman–Crippen MR) is 93.8 cm³/mol. The van der Waals surface area contributed by atoms with Gasteiger partial charge in [-0.2, -0.15) is 17.5 Å². The van der Waals surface area contributed by atoms with Gasteiger partial charge >= 0.3 is 6.18 Å². The third-order valence-corrected chi connectivity index (χ3v) is 6.64. The van der Waals surface area contributed by atoms with Crippen LogP contribution in [0.5, 0.6) is 0 Å². The van der Waals surface area contributed by atoms with Crippen molar-refractivity contribution in [2.75, 3.05) is 25.0 Å². The largest absolute Gasteiger partial charge is 0.416 e. The minimum Gasteiger partial charge on any atom is -0.373 e. The van der Waals surface area contributed by atoms with Crippen molar-refractivity contribution < 1.29 is 21.6 Å². The smallest absolute Gasteiger partial charge is 0.373 e. The molecule has 0 atom stereocenters. The lowest BCUT2D eigenvalue weighted by atomic mass is 10.1. The third kappa shape index (κ3) is 3.54. The molecule has 0 saturated carbocycles. The van der Waals surface area contributed by atoms with E-state index in [1.807, 2.05) is 24.1 Å². The summed E-state index contributed by atoms with van der Waals surface area (Å²) in [6.45, 7) is 0.613. The van der Waals surface area contributed by atoms with E-state index in [0.717, 1.165) is 27.7 Å². The van der Waals surface area contributed by atoms with Gasteiger partial charge in [-0.15, -0.1) is 0 Å². The second-order valence-corrected chi connectivity index (χ2v) is 8.35. The minimum atomic E-state index is -4.65. The van der Waals surface area contributed by atoms with Crippen LogP contribution in [-0.4, -0.2) is 32.9 Å². The van der Waals surface area contributed by atoms with Gasteiger partial charge in [-0.05, 0) is 29.8 Å². The molecule has 0 unspecified atom stereocenters. The van der Waals surface area contributed by atoms with Crippen LogP contribution in [0.1, 0.15) is 11.1 Å². The highest BCUT2D eigenvalue weighted by Gasteiger charge is 2.35. The van der Waals surface area contributed by atoms with E-state index in [1.165, 1.54) is 0 Å². The molecule has 0 fully saturated rings. The molecule has 4 nitrogen and oxygen atoms in total. The first-order valence-electron chi connectivity index (χ1n) is 7.76. The van der Waals surface area contributed by atoms with E-state index in [4.69, 9.17) is 11.6 Å². The van der Waals surface area contributed by atoms with E-state index < -0.39 is 26.7 Å². The molecule has 0 amide bonds. The highest BCUT2D eigenvalue weighted by atomic mass is 35.5. The van der Waals surface area contributed by atoms with Gasteiger partial charge in [-0.25, -0.2) is 8.42 Å². The average molecular weight is 405 g/mol. The Balaban J connectivity index is 2.04. The van der Waals surface area contributed by atoms with Crippen LogP contribution in [0.15, 0.2) is 47.4 Å². The molecule has 3 rings (SSSR count). The number of halogens is 4. The second-order valence-electron chi connectivity index (χ2n) is 6.03. The van der Waals surface area contributed by atoms with Crippen molar-refractivity contribution in [3.8, 4) is 0 Å². The maximum Gasteiger partial charge on any atom is 0.416 e. The van der Waals surface area contributed by atoms with Crippen LogP contribution in [0.4, 0.5) is 18.9 Å². The van der Waals surface area contributed by atoms with Gasteiger partial charge < -0.3 is 4.90 Å². The molecule has 0 saturated heterocycles. The Labute approximate surface area is 154 Å². The fraction of sp³-hybridized carbons (Fsp3) is 0.294. The van der Waals surface area contributed by atoms with Gasteiger partial charge in [0.25, 0.3) is 0 Å². The predicted octanol–water partition coefficient (Wildman–Crippen LogP) is 4.00. The van der Waals surface area contributed by atoms with Crippen molar-refractivity contribution in [1.82, 2.24) is 4.31 Å². The standard InChI is InChI=1S/C17H16ClF3N2O2S/c1-22-8-9-23(11-12-4-2-3-5-15(12)22)26(24,25)16-10-13(17(19,20)21)6-7-14(16)18/h2-7,10H,8-9,11H2,1H3. The maximum atomic E-state index is 13.0. The molecule has 2 aromatic carbocycles. The molecular formula is C17H16ClF3N2O2S. The van der Waals surface area contributed by atoms with Crippen LogP contribution < -0.4 is 4.90 Å². The van der Waals surface area contributed by atoms with Crippen LogP contribution in [-0.2, 0) is 22.7 Å². The van der Waals surface area contributed by atoms with E-state index >= 15 is 0 Å². The Morgan fingerprint density at radius 3 is 2.46 bits per heavy atom. The Bertz CT molecular complexity index is 932. The molecule has 140 valence electrons. The molecule has 0 spiro atoms. The highest BCUT2D eigenvalue weighted by molar-refractivity contribution is 7.89. The van der Waals surface area contributed by atoms with Gasteiger partial charge in [0.15, 0.2) is 0 Å². The Morgan fingerprint density at radius 2 is 1.77 bits per heavy atom. The quantitative estimate of drug-likeness (QED) is 0.759. The van der Waals surface area contributed by atoms with Gasteiger partial charge in [0, 0.05) is 32.4 Å². The summed E-state index contributed by atoms with van der Waals surface area (Å²) < 4.78 is 66.1. The lowest BCUT2D eigenvalue weighted by Gasteiger charge is -2.22. The van der Waals surface area contributed by atoms with E-state index in [1.54, 1.807) is 12.1 Å². The molecule has 0 aromatic heterocycles. The van der Waals surface area contributed by atoms with Gasteiger partial charge in [-0.3, -0.25) is 0 Å². The summed E-state index contributed by atoms with van der Waals surface area (Å²) in [4.78, 5) is 1.38. The number of sulfonamides is 1. The van der Waals surface area contributed by atoms with E-state index in [9.17, 15) is 21.6 Å². The number of benzene rings is 2. The number of nitrogens with zero attached hydrogens (tertiary/aromatic N) is 2. The summed E-state index contributed by atoms with van der Waals surface area (Å²) in [5.74, 6) is 0. The number of alkyl halides is 3. The van der Waals surface area contributed by atoms with Crippen LogP contribution in [0, 0.1) is 0 Å². The molecule has 1 aliphatic rings. The van der Waals surface area contributed by atoms with Crippen molar-refractivity contribution in [1.29, 1.82) is 0 Å². The van der Waals surface area contributed by atoms with Gasteiger partial charge in [0.2, 0.25) is 10.0 Å². The SMILES string of the molecule is CN1CCN(S(=O)(=O)c2cc(C(F)(F)F)ccc2Cl)Cc2ccccc21. The molecule has 0 N–H and O–H groups in total. The number of rotatable bonds is 2. The Kier molecular flexibility index (Phi) is 4.94. The summed E-state index contributed by atoms with van der Waals surface area (Å²) >= 11 is 5.94. The zero-order valence-electron chi connectivity index (χ0n) is 13.8. The average Bonchev–Trinajstić information content (AvgIpc) is 2.74. The number of hydrogen-bond acceptors (Lipinski definition) is 3. The summed E-state index contributed by atoms with van der Waals surface area (Å²) in [6.07, 6.45) is -4.65. The zero-order chi connectivity index (χ0) is 19.1. The zero-order valence-corrected chi connectivity index (χ0v) is 15.4. The molecule has 1 aliphatic heterocycles. The topological polar surface area (TPSA) is 40.6 Å². The first kappa shape index (κ1) is 19.0. The second kappa shape index (κ2) is 6.75. The molecule has 26 heavy (non-hydrogen) atoms. The monoisotopic (exact) mass is 404 g/mol. The van der Waals surface area contributed by atoms with Gasteiger partial charge in [-0.1, -0.05) is 29.8 Å². The van der Waals surface area contributed by atoms with Crippen molar-refractivity contribution in [2.45, 2.75) is 17.6 Å². The van der Waals surface area contributed by atoms with E-state index in [-0.39, 0.29) is 18.1 Å². The number of anilines is 1. The fourth-order valence-electron chi connectivity index (χ4n) is 2.89. The number of para-hydroxylation sites is 1. The van der Waals surface area contributed by atoms with Gasteiger partial charge in [0.1, 0.15) is 4.90 Å². The molecular weight excluding hydrogens is 389 g/mol.